The summed E-state index contributed by atoms with van der Waals surface area (Å²) in [6.45, 7) is 10.3. The number of amides is 2. The SMILES string of the molecule is CC1CN(C2C(C)CN2C(=O)C(=C2C(=O)Nc3ccc(F)cc32)c2ccc[nH]2)C(C)(C)CO1. The summed E-state index contributed by atoms with van der Waals surface area (Å²) in [7, 11) is 0. The van der Waals surface area contributed by atoms with Crippen LogP contribution in [0.3, 0.4) is 0 Å². The number of H-pyrrole nitrogens is 1. The second kappa shape index (κ2) is 7.81. The van der Waals surface area contributed by atoms with Crippen LogP contribution in [0.2, 0.25) is 0 Å². The van der Waals surface area contributed by atoms with Crippen LogP contribution in [0.15, 0.2) is 36.5 Å². The van der Waals surface area contributed by atoms with E-state index in [-0.39, 0.29) is 40.8 Å². The highest BCUT2D eigenvalue weighted by Gasteiger charge is 2.50. The third-order valence-corrected chi connectivity index (χ3v) is 6.90. The number of aromatic amines is 1. The van der Waals surface area contributed by atoms with Gasteiger partial charge in [-0.25, -0.2) is 4.39 Å². The van der Waals surface area contributed by atoms with E-state index < -0.39 is 11.7 Å². The minimum absolute atomic E-state index is 0.0690. The van der Waals surface area contributed by atoms with Gasteiger partial charge in [0, 0.05) is 42.0 Å². The molecule has 3 atom stereocenters. The van der Waals surface area contributed by atoms with Crippen LogP contribution in [0.5, 0.6) is 0 Å². The van der Waals surface area contributed by atoms with Crippen LogP contribution in [-0.2, 0) is 14.3 Å². The molecule has 3 unspecified atom stereocenters. The number of fused-ring (bicyclic) bond motifs is 1. The fourth-order valence-corrected chi connectivity index (χ4v) is 5.21. The lowest BCUT2D eigenvalue weighted by Gasteiger charge is -2.58. The summed E-state index contributed by atoms with van der Waals surface area (Å²) in [5.74, 6) is -0.826. The predicted molar refractivity (Wildman–Crippen MR) is 124 cm³/mol. The molecule has 2 amide bonds. The average Bonchev–Trinajstić information content (AvgIpc) is 3.38. The van der Waals surface area contributed by atoms with Crippen molar-refractivity contribution in [1.82, 2.24) is 14.8 Å². The van der Waals surface area contributed by atoms with Crippen molar-refractivity contribution in [2.24, 2.45) is 5.92 Å². The fraction of sp³-hybridized carbons (Fsp3) is 0.440. The van der Waals surface area contributed by atoms with E-state index in [1.54, 1.807) is 18.3 Å². The minimum Gasteiger partial charge on any atom is -0.375 e. The van der Waals surface area contributed by atoms with Gasteiger partial charge in [-0.15, -0.1) is 0 Å². The van der Waals surface area contributed by atoms with Gasteiger partial charge in [0.1, 0.15) is 5.82 Å². The Hall–Kier alpha value is -2.97. The molecule has 0 radical (unpaired) electrons. The minimum atomic E-state index is -0.458. The number of ether oxygens (including phenoxy) is 1. The average molecular weight is 453 g/mol. The Morgan fingerprint density at radius 3 is 2.70 bits per heavy atom. The summed E-state index contributed by atoms with van der Waals surface area (Å²) >= 11 is 0. The van der Waals surface area contributed by atoms with Gasteiger partial charge in [-0.1, -0.05) is 6.92 Å². The number of morpholine rings is 1. The number of carbonyl (C=O) groups is 2. The molecule has 3 aliphatic heterocycles. The van der Waals surface area contributed by atoms with Crippen molar-refractivity contribution in [3.63, 3.8) is 0 Å². The topological polar surface area (TPSA) is 77.7 Å². The highest BCUT2D eigenvalue weighted by Crippen LogP contribution is 2.41. The number of likely N-dealkylation sites (tertiary alicyclic amines) is 1. The number of benzene rings is 1. The third-order valence-electron chi connectivity index (χ3n) is 6.90. The summed E-state index contributed by atoms with van der Waals surface area (Å²) in [6.07, 6.45) is 1.67. The highest BCUT2D eigenvalue weighted by molar-refractivity contribution is 6.45. The number of halogens is 1. The first-order valence-corrected chi connectivity index (χ1v) is 11.4. The molecule has 2 aromatic rings. The van der Waals surface area contributed by atoms with E-state index in [0.29, 0.717) is 36.6 Å². The van der Waals surface area contributed by atoms with Crippen molar-refractivity contribution in [1.29, 1.82) is 0 Å². The number of anilines is 1. The maximum atomic E-state index is 14.1. The quantitative estimate of drug-likeness (QED) is 0.701. The number of hydrogen-bond acceptors (Lipinski definition) is 4. The lowest BCUT2D eigenvalue weighted by Crippen LogP contribution is -2.72. The number of nitrogens with one attached hydrogen (secondary N) is 2. The van der Waals surface area contributed by atoms with Crippen LogP contribution >= 0.6 is 0 Å². The first-order chi connectivity index (χ1) is 15.7. The van der Waals surface area contributed by atoms with Crippen molar-refractivity contribution in [3.05, 3.63) is 53.6 Å². The zero-order valence-electron chi connectivity index (χ0n) is 19.3. The lowest BCUT2D eigenvalue weighted by molar-refractivity contribution is -0.187. The van der Waals surface area contributed by atoms with Gasteiger partial charge < -0.3 is 19.9 Å². The maximum absolute atomic E-state index is 14.1. The van der Waals surface area contributed by atoms with Crippen LogP contribution in [0.25, 0.3) is 11.1 Å². The first kappa shape index (κ1) is 21.9. The van der Waals surface area contributed by atoms with Crippen molar-refractivity contribution in [2.45, 2.75) is 45.5 Å². The van der Waals surface area contributed by atoms with Gasteiger partial charge in [-0.2, -0.15) is 0 Å². The molecule has 2 N–H and O–H groups in total. The van der Waals surface area contributed by atoms with Crippen molar-refractivity contribution in [2.75, 3.05) is 25.0 Å². The molecule has 7 nitrogen and oxygen atoms in total. The number of hydrogen-bond donors (Lipinski definition) is 2. The molecule has 174 valence electrons. The van der Waals surface area contributed by atoms with E-state index in [9.17, 15) is 14.0 Å². The number of carbonyl (C=O) groups excluding carboxylic acids is 2. The summed E-state index contributed by atoms with van der Waals surface area (Å²) in [5, 5.41) is 2.77. The monoisotopic (exact) mass is 452 g/mol. The van der Waals surface area contributed by atoms with Crippen LogP contribution in [-0.4, -0.2) is 64.1 Å². The third kappa shape index (κ3) is 3.57. The second-order valence-electron chi connectivity index (χ2n) is 9.91. The van der Waals surface area contributed by atoms with Gasteiger partial charge in [0.25, 0.3) is 11.8 Å². The van der Waals surface area contributed by atoms with Crippen molar-refractivity contribution < 1.29 is 18.7 Å². The van der Waals surface area contributed by atoms with Crippen LogP contribution in [0.1, 0.15) is 39.0 Å². The molecule has 5 rings (SSSR count). The molecular formula is C25H29FN4O3. The van der Waals surface area contributed by atoms with E-state index in [0.717, 1.165) is 0 Å². The molecule has 1 aromatic carbocycles. The van der Waals surface area contributed by atoms with Gasteiger partial charge >= 0.3 is 0 Å². The van der Waals surface area contributed by atoms with E-state index in [1.165, 1.54) is 18.2 Å². The summed E-state index contributed by atoms with van der Waals surface area (Å²) in [6, 6.07) is 7.68. The highest BCUT2D eigenvalue weighted by atomic mass is 19.1. The van der Waals surface area contributed by atoms with Gasteiger partial charge in [0.15, 0.2) is 0 Å². The smallest absolute Gasteiger partial charge is 0.258 e. The molecule has 0 saturated carbocycles. The van der Waals surface area contributed by atoms with Crippen LogP contribution in [0, 0.1) is 11.7 Å². The molecule has 1 aromatic heterocycles. The van der Waals surface area contributed by atoms with E-state index in [2.05, 4.69) is 36.0 Å². The van der Waals surface area contributed by atoms with Crippen molar-refractivity contribution in [3.8, 4) is 0 Å². The second-order valence-corrected chi connectivity index (χ2v) is 9.91. The molecule has 0 bridgehead atoms. The largest absolute Gasteiger partial charge is 0.375 e. The Balaban J connectivity index is 1.59. The number of aromatic nitrogens is 1. The molecular weight excluding hydrogens is 423 g/mol. The van der Waals surface area contributed by atoms with Gasteiger partial charge in [0.2, 0.25) is 0 Å². The van der Waals surface area contributed by atoms with E-state index in [1.807, 2.05) is 11.8 Å². The lowest BCUT2D eigenvalue weighted by atomic mass is 9.88. The standard InChI is InChI=1S/C25H29FN4O3/c1-14-11-29(23(14)30-12-15(2)33-13-25(30,3)4)24(32)21(19-6-5-9-27-19)20-17-10-16(26)7-8-18(17)28-22(20)31/h5-10,14-15,23,27H,11-13H2,1-4H3,(H,28,31). The zero-order valence-corrected chi connectivity index (χ0v) is 19.3. The van der Waals surface area contributed by atoms with Crippen LogP contribution < -0.4 is 5.32 Å². The van der Waals surface area contributed by atoms with Gasteiger partial charge in [-0.3, -0.25) is 14.5 Å². The molecule has 33 heavy (non-hydrogen) atoms. The number of rotatable bonds is 3. The molecule has 2 fully saturated rings. The van der Waals surface area contributed by atoms with Gasteiger partial charge in [0.05, 0.1) is 35.7 Å². The van der Waals surface area contributed by atoms with E-state index in [4.69, 9.17) is 4.74 Å². The fourth-order valence-electron chi connectivity index (χ4n) is 5.21. The molecule has 4 heterocycles. The van der Waals surface area contributed by atoms with Gasteiger partial charge in [-0.05, 0) is 51.1 Å². The Bertz CT molecular complexity index is 1140. The van der Waals surface area contributed by atoms with Crippen LogP contribution in [0.4, 0.5) is 10.1 Å². The maximum Gasteiger partial charge on any atom is 0.258 e. The molecule has 3 aliphatic rings. The zero-order chi connectivity index (χ0) is 23.5. The van der Waals surface area contributed by atoms with Crippen molar-refractivity contribution >= 4 is 28.6 Å². The Morgan fingerprint density at radius 2 is 2.00 bits per heavy atom. The summed E-state index contributed by atoms with van der Waals surface area (Å²) in [4.78, 5) is 34.3. The summed E-state index contributed by atoms with van der Waals surface area (Å²) < 4.78 is 20.0. The molecule has 2 saturated heterocycles. The van der Waals surface area contributed by atoms with E-state index >= 15 is 0 Å². The Labute approximate surface area is 192 Å². The molecule has 8 heteroatoms. The normalized spacial score (nSPS) is 28.2. The Kier molecular flexibility index (Phi) is 5.17. The molecule has 0 aliphatic carbocycles. The summed E-state index contributed by atoms with van der Waals surface area (Å²) in [5.41, 5.74) is 1.68. The number of nitrogens with zero attached hydrogens (tertiary/aromatic N) is 2. The predicted octanol–water partition coefficient (Wildman–Crippen LogP) is 3.32. The molecule has 0 spiro atoms. The Morgan fingerprint density at radius 1 is 1.21 bits per heavy atom. The first-order valence-electron chi connectivity index (χ1n) is 11.4.